The van der Waals surface area contributed by atoms with E-state index >= 15 is 0 Å². The molecular formula is C13H21NO. The molecule has 0 aromatic heterocycles. The van der Waals surface area contributed by atoms with E-state index in [2.05, 4.69) is 24.1 Å². The molecule has 1 heterocycles. The third kappa shape index (κ3) is 3.07. The van der Waals surface area contributed by atoms with Crippen molar-refractivity contribution in [2.24, 2.45) is 5.41 Å². The van der Waals surface area contributed by atoms with Crippen LogP contribution in [0, 0.1) is 17.3 Å². The van der Waals surface area contributed by atoms with Crippen LogP contribution in [0.4, 0.5) is 0 Å². The fourth-order valence-electron chi connectivity index (χ4n) is 2.30. The second kappa shape index (κ2) is 5.92. The maximum atomic E-state index is 12.1. The molecule has 1 aliphatic heterocycles. The molecule has 0 spiro atoms. The van der Waals surface area contributed by atoms with Crippen LogP contribution in [0.15, 0.2) is 0 Å². The number of carbonyl (C=O) groups excluding carboxylic acids is 1. The summed E-state index contributed by atoms with van der Waals surface area (Å²) in [4.78, 5) is 12.1. The summed E-state index contributed by atoms with van der Waals surface area (Å²) in [6.07, 6.45) is 4.34. The molecule has 2 heteroatoms. The van der Waals surface area contributed by atoms with E-state index in [1.54, 1.807) is 0 Å². The van der Waals surface area contributed by atoms with Crippen LogP contribution < -0.4 is 5.32 Å². The third-order valence-electron chi connectivity index (χ3n) is 3.48. The van der Waals surface area contributed by atoms with Crippen molar-refractivity contribution in [1.82, 2.24) is 5.32 Å². The van der Waals surface area contributed by atoms with Gasteiger partial charge in [0.05, 0.1) is 0 Å². The van der Waals surface area contributed by atoms with E-state index < -0.39 is 0 Å². The van der Waals surface area contributed by atoms with Crippen molar-refractivity contribution < 1.29 is 4.79 Å². The van der Waals surface area contributed by atoms with Gasteiger partial charge in [-0.15, -0.1) is 11.8 Å². The maximum absolute atomic E-state index is 12.1. The Morgan fingerprint density at radius 3 is 2.60 bits per heavy atom. The standard InChI is InChI=1S/C13H21NO/c1-3-5-6-7-12(15)13(4-2)8-10-14-11-9-13/h14H,4,6-11H2,1-2H3. The Labute approximate surface area is 92.8 Å². The Kier molecular flexibility index (Phi) is 4.84. The van der Waals surface area contributed by atoms with Crippen molar-refractivity contribution in [3.63, 3.8) is 0 Å². The summed E-state index contributed by atoms with van der Waals surface area (Å²) in [5.74, 6) is 6.24. The molecule has 0 amide bonds. The van der Waals surface area contributed by atoms with Crippen LogP contribution in [0.3, 0.4) is 0 Å². The monoisotopic (exact) mass is 207 g/mol. The van der Waals surface area contributed by atoms with Gasteiger partial charge in [0.2, 0.25) is 0 Å². The lowest BCUT2D eigenvalue weighted by molar-refractivity contribution is -0.130. The van der Waals surface area contributed by atoms with Gasteiger partial charge >= 0.3 is 0 Å². The van der Waals surface area contributed by atoms with Gasteiger partial charge < -0.3 is 5.32 Å². The highest BCUT2D eigenvalue weighted by molar-refractivity contribution is 5.85. The summed E-state index contributed by atoms with van der Waals surface area (Å²) in [7, 11) is 0. The molecular weight excluding hydrogens is 186 g/mol. The first-order chi connectivity index (χ1) is 7.25. The number of nitrogens with one attached hydrogen (secondary N) is 1. The van der Waals surface area contributed by atoms with Crippen molar-refractivity contribution in [1.29, 1.82) is 0 Å². The summed E-state index contributed by atoms with van der Waals surface area (Å²) < 4.78 is 0. The van der Waals surface area contributed by atoms with Gasteiger partial charge in [-0.3, -0.25) is 4.79 Å². The number of carbonyl (C=O) groups is 1. The molecule has 15 heavy (non-hydrogen) atoms. The van der Waals surface area contributed by atoms with Crippen LogP contribution in [0.25, 0.3) is 0 Å². The SMILES string of the molecule is CC#CCCC(=O)C1(CC)CCNCC1. The van der Waals surface area contributed by atoms with Gasteiger partial charge in [-0.2, -0.15) is 0 Å². The van der Waals surface area contributed by atoms with E-state index in [9.17, 15) is 4.79 Å². The largest absolute Gasteiger partial charge is 0.317 e. The van der Waals surface area contributed by atoms with Crippen LogP contribution in [-0.2, 0) is 4.79 Å². The number of rotatable bonds is 4. The first-order valence-corrected chi connectivity index (χ1v) is 5.89. The first kappa shape index (κ1) is 12.3. The minimum Gasteiger partial charge on any atom is -0.317 e. The molecule has 1 fully saturated rings. The zero-order valence-electron chi connectivity index (χ0n) is 9.86. The molecule has 0 bridgehead atoms. The van der Waals surface area contributed by atoms with Crippen LogP contribution in [0.5, 0.6) is 0 Å². The number of hydrogen-bond donors (Lipinski definition) is 1. The quantitative estimate of drug-likeness (QED) is 0.716. The number of Topliss-reactive ketones (excluding diaryl/α,β-unsaturated/α-hetero) is 1. The van der Waals surface area contributed by atoms with Crippen LogP contribution in [-0.4, -0.2) is 18.9 Å². The van der Waals surface area contributed by atoms with Gasteiger partial charge in [0, 0.05) is 18.3 Å². The molecule has 0 aliphatic carbocycles. The number of hydrogen-bond acceptors (Lipinski definition) is 2. The fourth-order valence-corrected chi connectivity index (χ4v) is 2.30. The number of ketones is 1. The summed E-state index contributed by atoms with van der Waals surface area (Å²) in [5, 5.41) is 3.32. The highest BCUT2D eigenvalue weighted by atomic mass is 16.1. The topological polar surface area (TPSA) is 29.1 Å². The molecule has 2 nitrogen and oxygen atoms in total. The lowest BCUT2D eigenvalue weighted by Gasteiger charge is -2.35. The van der Waals surface area contributed by atoms with Gasteiger partial charge in [-0.25, -0.2) is 0 Å². The van der Waals surface area contributed by atoms with Gasteiger partial charge in [-0.05, 0) is 39.3 Å². The van der Waals surface area contributed by atoms with E-state index in [1.807, 2.05) is 6.92 Å². The second-order valence-electron chi connectivity index (χ2n) is 4.23. The predicted molar refractivity (Wildman–Crippen MR) is 62.5 cm³/mol. The van der Waals surface area contributed by atoms with E-state index in [0.717, 1.165) is 38.8 Å². The maximum Gasteiger partial charge on any atom is 0.140 e. The van der Waals surface area contributed by atoms with E-state index in [1.165, 1.54) is 0 Å². The van der Waals surface area contributed by atoms with Crippen LogP contribution >= 0.6 is 0 Å². The molecule has 0 unspecified atom stereocenters. The van der Waals surface area contributed by atoms with Crippen molar-refractivity contribution >= 4 is 5.78 Å². The van der Waals surface area contributed by atoms with Gasteiger partial charge in [-0.1, -0.05) is 6.92 Å². The molecule has 0 radical (unpaired) electrons. The van der Waals surface area contributed by atoms with Crippen molar-refractivity contribution in [2.45, 2.75) is 46.0 Å². The predicted octanol–water partition coefficient (Wildman–Crippen LogP) is 2.14. The molecule has 84 valence electrons. The van der Waals surface area contributed by atoms with E-state index in [0.29, 0.717) is 12.2 Å². The normalized spacial score (nSPS) is 19.1. The van der Waals surface area contributed by atoms with Gasteiger partial charge in [0.15, 0.2) is 0 Å². The Morgan fingerprint density at radius 1 is 1.40 bits per heavy atom. The summed E-state index contributed by atoms with van der Waals surface area (Å²) >= 11 is 0. The zero-order chi connectivity index (χ0) is 11.1. The van der Waals surface area contributed by atoms with Crippen molar-refractivity contribution in [2.75, 3.05) is 13.1 Å². The summed E-state index contributed by atoms with van der Waals surface area (Å²) in [5.41, 5.74) is -0.0410. The van der Waals surface area contributed by atoms with Crippen molar-refractivity contribution in [3.05, 3.63) is 0 Å². The summed E-state index contributed by atoms with van der Waals surface area (Å²) in [6.45, 7) is 5.93. The lowest BCUT2D eigenvalue weighted by atomic mass is 9.72. The smallest absolute Gasteiger partial charge is 0.140 e. The Hall–Kier alpha value is -0.810. The molecule has 0 aromatic rings. The molecule has 0 saturated carbocycles. The van der Waals surface area contributed by atoms with Crippen molar-refractivity contribution in [3.8, 4) is 11.8 Å². The Balaban J connectivity index is 2.54. The Bertz CT molecular complexity index is 266. The highest BCUT2D eigenvalue weighted by Gasteiger charge is 2.36. The highest BCUT2D eigenvalue weighted by Crippen LogP contribution is 2.34. The average molecular weight is 207 g/mol. The number of piperidine rings is 1. The van der Waals surface area contributed by atoms with Gasteiger partial charge in [0.25, 0.3) is 0 Å². The third-order valence-corrected chi connectivity index (χ3v) is 3.48. The average Bonchev–Trinajstić information content (AvgIpc) is 2.30. The molecule has 1 saturated heterocycles. The van der Waals surface area contributed by atoms with E-state index in [4.69, 9.17) is 0 Å². The molecule has 1 N–H and O–H groups in total. The molecule has 0 atom stereocenters. The minimum absolute atomic E-state index is 0.0410. The van der Waals surface area contributed by atoms with Crippen LogP contribution in [0.1, 0.15) is 46.0 Å². The molecule has 0 aromatic carbocycles. The fraction of sp³-hybridized carbons (Fsp3) is 0.769. The van der Waals surface area contributed by atoms with Gasteiger partial charge in [0.1, 0.15) is 5.78 Å². The van der Waals surface area contributed by atoms with Crippen LogP contribution in [0.2, 0.25) is 0 Å². The zero-order valence-corrected chi connectivity index (χ0v) is 9.86. The first-order valence-electron chi connectivity index (χ1n) is 5.89. The lowest BCUT2D eigenvalue weighted by Crippen LogP contribution is -2.41. The second-order valence-corrected chi connectivity index (χ2v) is 4.23. The summed E-state index contributed by atoms with van der Waals surface area (Å²) in [6, 6.07) is 0. The Morgan fingerprint density at radius 2 is 2.07 bits per heavy atom. The molecule has 1 rings (SSSR count). The minimum atomic E-state index is -0.0410. The molecule has 1 aliphatic rings. The van der Waals surface area contributed by atoms with E-state index in [-0.39, 0.29) is 5.41 Å².